The molecule has 0 bridgehead atoms. The van der Waals surface area contributed by atoms with Crippen molar-refractivity contribution < 1.29 is 0 Å². The van der Waals surface area contributed by atoms with Crippen LogP contribution in [0.1, 0.15) is 31.9 Å². The maximum Gasteiger partial charge on any atom is 0.0320 e. The highest BCUT2D eigenvalue weighted by Crippen LogP contribution is 2.28. The smallest absolute Gasteiger partial charge is 0.0320 e. The van der Waals surface area contributed by atoms with E-state index in [1.165, 1.54) is 25.1 Å². The lowest BCUT2D eigenvalue weighted by Crippen LogP contribution is -2.33. The Hall–Kier alpha value is -0.860. The van der Waals surface area contributed by atoms with Gasteiger partial charge in [-0.1, -0.05) is 30.3 Å². The van der Waals surface area contributed by atoms with Gasteiger partial charge in [0.25, 0.3) is 0 Å². The number of benzene rings is 1. The zero-order valence-electron chi connectivity index (χ0n) is 11.2. The molecule has 1 saturated heterocycles. The molecule has 1 aliphatic heterocycles. The van der Waals surface area contributed by atoms with Gasteiger partial charge in [0.2, 0.25) is 0 Å². The molecule has 0 amide bonds. The summed E-state index contributed by atoms with van der Waals surface area (Å²) < 4.78 is 0. The lowest BCUT2D eigenvalue weighted by Gasteiger charge is -2.26. The fraction of sp³-hybridized carbons (Fsp3) is 0.600. The molecule has 2 rings (SSSR count). The molecular formula is C15H24N2. The van der Waals surface area contributed by atoms with Gasteiger partial charge in [0.05, 0.1) is 0 Å². The largest absolute Gasteiger partial charge is 0.317 e. The van der Waals surface area contributed by atoms with Crippen molar-refractivity contribution in [3.05, 3.63) is 35.9 Å². The fourth-order valence-electron chi connectivity index (χ4n) is 2.75. The van der Waals surface area contributed by atoms with Gasteiger partial charge in [-0.15, -0.1) is 0 Å². The maximum absolute atomic E-state index is 3.38. The topological polar surface area (TPSA) is 15.3 Å². The summed E-state index contributed by atoms with van der Waals surface area (Å²) in [6, 6.07) is 12.0. The molecule has 1 N–H and O–H groups in total. The predicted molar refractivity (Wildman–Crippen MR) is 73.1 cm³/mol. The van der Waals surface area contributed by atoms with Crippen LogP contribution in [0.4, 0.5) is 0 Å². The molecule has 1 heterocycles. The standard InChI is InChI=1S/C15H24N2/c1-12(16-3)15-9-10-17(11-15)13(2)14-7-5-4-6-8-14/h4-8,12-13,15-16H,9-11H2,1-3H3/t12-,13+,15+/m1/s1. The van der Waals surface area contributed by atoms with E-state index in [0.717, 1.165) is 5.92 Å². The lowest BCUT2D eigenvalue weighted by molar-refractivity contribution is 0.244. The Bertz CT molecular complexity index is 336. The molecule has 1 aromatic carbocycles. The van der Waals surface area contributed by atoms with Gasteiger partial charge < -0.3 is 5.32 Å². The van der Waals surface area contributed by atoms with Crippen LogP contribution in [-0.2, 0) is 0 Å². The van der Waals surface area contributed by atoms with Crippen LogP contribution in [0.2, 0.25) is 0 Å². The van der Waals surface area contributed by atoms with E-state index in [9.17, 15) is 0 Å². The second-order valence-electron chi connectivity index (χ2n) is 5.21. The molecule has 0 radical (unpaired) electrons. The van der Waals surface area contributed by atoms with Crippen LogP contribution < -0.4 is 5.32 Å². The van der Waals surface area contributed by atoms with Crippen LogP contribution in [0.15, 0.2) is 30.3 Å². The number of rotatable bonds is 4. The highest BCUT2D eigenvalue weighted by Gasteiger charge is 2.29. The Morgan fingerprint density at radius 1 is 1.24 bits per heavy atom. The third kappa shape index (κ3) is 2.88. The first-order valence-corrected chi connectivity index (χ1v) is 6.68. The Labute approximate surface area is 105 Å². The summed E-state index contributed by atoms with van der Waals surface area (Å²) in [5.74, 6) is 0.797. The monoisotopic (exact) mass is 232 g/mol. The summed E-state index contributed by atoms with van der Waals surface area (Å²) in [4.78, 5) is 2.60. The number of nitrogens with one attached hydrogen (secondary N) is 1. The second kappa shape index (κ2) is 5.65. The summed E-state index contributed by atoms with van der Waals surface area (Å²) in [6.07, 6.45) is 1.32. The summed E-state index contributed by atoms with van der Waals surface area (Å²) in [5, 5.41) is 3.38. The van der Waals surface area contributed by atoms with Crippen molar-refractivity contribution in [2.24, 2.45) is 5.92 Å². The minimum atomic E-state index is 0.547. The van der Waals surface area contributed by atoms with Crippen LogP contribution in [0, 0.1) is 5.92 Å². The Morgan fingerprint density at radius 2 is 1.94 bits per heavy atom. The quantitative estimate of drug-likeness (QED) is 0.858. The van der Waals surface area contributed by atoms with E-state index in [2.05, 4.69) is 61.4 Å². The first-order chi connectivity index (χ1) is 8.22. The molecule has 0 aromatic heterocycles. The number of hydrogen-bond acceptors (Lipinski definition) is 2. The molecule has 17 heavy (non-hydrogen) atoms. The molecule has 1 aromatic rings. The van der Waals surface area contributed by atoms with Crippen LogP contribution in [0.25, 0.3) is 0 Å². The minimum Gasteiger partial charge on any atom is -0.317 e. The van der Waals surface area contributed by atoms with Gasteiger partial charge in [-0.25, -0.2) is 0 Å². The molecule has 0 spiro atoms. The average Bonchev–Trinajstić information content (AvgIpc) is 2.87. The Kier molecular flexibility index (Phi) is 4.19. The first-order valence-electron chi connectivity index (χ1n) is 6.68. The zero-order valence-corrected chi connectivity index (χ0v) is 11.2. The predicted octanol–water partition coefficient (Wildman–Crippen LogP) is 2.68. The van der Waals surface area contributed by atoms with Crippen molar-refractivity contribution in [3.63, 3.8) is 0 Å². The normalized spacial score (nSPS) is 24.8. The molecule has 0 saturated carbocycles. The molecule has 2 heteroatoms. The van der Waals surface area contributed by atoms with Gasteiger partial charge in [0.1, 0.15) is 0 Å². The van der Waals surface area contributed by atoms with Crippen molar-refractivity contribution in [3.8, 4) is 0 Å². The van der Waals surface area contributed by atoms with Gasteiger partial charge in [-0.3, -0.25) is 4.90 Å². The van der Waals surface area contributed by atoms with Crippen molar-refractivity contribution >= 4 is 0 Å². The maximum atomic E-state index is 3.38. The van der Waals surface area contributed by atoms with Gasteiger partial charge in [0.15, 0.2) is 0 Å². The van der Waals surface area contributed by atoms with Crippen molar-refractivity contribution in [2.45, 2.75) is 32.4 Å². The van der Waals surface area contributed by atoms with Crippen LogP contribution in [-0.4, -0.2) is 31.1 Å². The molecule has 94 valence electrons. The second-order valence-corrected chi connectivity index (χ2v) is 5.21. The highest BCUT2D eigenvalue weighted by atomic mass is 15.2. The zero-order chi connectivity index (χ0) is 12.3. The van der Waals surface area contributed by atoms with E-state index in [1.54, 1.807) is 0 Å². The number of likely N-dealkylation sites (tertiary alicyclic amines) is 1. The molecule has 1 aliphatic rings. The Morgan fingerprint density at radius 3 is 2.59 bits per heavy atom. The van der Waals surface area contributed by atoms with Crippen LogP contribution in [0.5, 0.6) is 0 Å². The highest BCUT2D eigenvalue weighted by molar-refractivity contribution is 5.18. The summed E-state index contributed by atoms with van der Waals surface area (Å²) in [5.41, 5.74) is 1.44. The molecule has 1 fully saturated rings. The van der Waals surface area contributed by atoms with Gasteiger partial charge >= 0.3 is 0 Å². The van der Waals surface area contributed by atoms with Crippen LogP contribution >= 0.6 is 0 Å². The van der Waals surface area contributed by atoms with Crippen molar-refractivity contribution in [2.75, 3.05) is 20.1 Å². The summed E-state index contributed by atoms with van der Waals surface area (Å²) in [7, 11) is 2.06. The molecule has 2 nitrogen and oxygen atoms in total. The molecule has 3 atom stereocenters. The summed E-state index contributed by atoms with van der Waals surface area (Å²) >= 11 is 0. The van der Waals surface area contributed by atoms with Gasteiger partial charge in [0, 0.05) is 18.6 Å². The fourth-order valence-corrected chi connectivity index (χ4v) is 2.75. The SMILES string of the molecule is CN[C@H](C)[C@H]1CCN([C@@H](C)c2ccccc2)C1. The van der Waals surface area contributed by atoms with E-state index in [0.29, 0.717) is 12.1 Å². The van der Waals surface area contributed by atoms with Crippen molar-refractivity contribution in [1.82, 2.24) is 10.2 Å². The van der Waals surface area contributed by atoms with E-state index >= 15 is 0 Å². The Balaban J connectivity index is 1.97. The lowest BCUT2D eigenvalue weighted by atomic mass is 10.0. The van der Waals surface area contributed by atoms with E-state index < -0.39 is 0 Å². The molecule has 0 unspecified atom stereocenters. The van der Waals surface area contributed by atoms with Crippen molar-refractivity contribution in [1.29, 1.82) is 0 Å². The third-order valence-corrected chi connectivity index (χ3v) is 4.25. The molecular weight excluding hydrogens is 208 g/mol. The number of hydrogen-bond donors (Lipinski definition) is 1. The van der Waals surface area contributed by atoms with Crippen LogP contribution in [0.3, 0.4) is 0 Å². The van der Waals surface area contributed by atoms with E-state index in [1.807, 2.05) is 0 Å². The van der Waals surface area contributed by atoms with E-state index in [-0.39, 0.29) is 0 Å². The first kappa shape index (κ1) is 12.6. The average molecular weight is 232 g/mol. The van der Waals surface area contributed by atoms with Gasteiger partial charge in [-0.2, -0.15) is 0 Å². The van der Waals surface area contributed by atoms with Gasteiger partial charge in [-0.05, 0) is 45.3 Å². The molecule has 0 aliphatic carbocycles. The number of nitrogens with zero attached hydrogens (tertiary/aromatic N) is 1. The third-order valence-electron chi connectivity index (χ3n) is 4.25. The van der Waals surface area contributed by atoms with E-state index in [4.69, 9.17) is 0 Å². The minimum absolute atomic E-state index is 0.547. The summed E-state index contributed by atoms with van der Waals surface area (Å²) in [6.45, 7) is 7.06.